The van der Waals surface area contributed by atoms with Crippen molar-refractivity contribution in [2.45, 2.75) is 25.4 Å². The van der Waals surface area contributed by atoms with Gasteiger partial charge in [-0.2, -0.15) is 0 Å². The van der Waals surface area contributed by atoms with Crippen molar-refractivity contribution < 1.29 is 18.6 Å². The van der Waals surface area contributed by atoms with Gasteiger partial charge < -0.3 is 24.0 Å². The summed E-state index contributed by atoms with van der Waals surface area (Å²) in [7, 11) is 2.93. The molecule has 6 heteroatoms. The third-order valence-electron chi connectivity index (χ3n) is 1.98. The zero-order chi connectivity index (χ0) is 11.0. The maximum absolute atomic E-state index is 5.81. The average molecular weight is 223 g/mol. The molecule has 0 aliphatic rings. The maximum atomic E-state index is 5.81. The minimum absolute atomic E-state index is 0.212. The molecule has 1 atom stereocenters. The van der Waals surface area contributed by atoms with Crippen molar-refractivity contribution in [2.24, 2.45) is 5.40 Å². The Labute approximate surface area is 87.3 Å². The van der Waals surface area contributed by atoms with Gasteiger partial charge in [0.25, 0.3) is 0 Å². The lowest BCUT2D eigenvalue weighted by molar-refractivity contribution is -0.361. The van der Waals surface area contributed by atoms with Crippen LogP contribution < -0.4 is 5.40 Å². The van der Waals surface area contributed by atoms with Crippen LogP contribution in [0.3, 0.4) is 0 Å². The predicted molar refractivity (Wildman–Crippen MR) is 56.1 cm³/mol. The molecule has 0 bridgehead atoms. The lowest BCUT2D eigenvalue weighted by atomic mass is 10.6. The largest absolute Gasteiger partial charge is 0.398 e. The van der Waals surface area contributed by atoms with Gasteiger partial charge in [-0.25, -0.2) is 0 Å². The Balaban J connectivity index is 3.92. The van der Waals surface area contributed by atoms with Gasteiger partial charge in [0.1, 0.15) is 6.61 Å². The van der Waals surface area contributed by atoms with Gasteiger partial charge in [-0.1, -0.05) is 13.3 Å². The van der Waals surface area contributed by atoms with Crippen LogP contribution in [0, 0.1) is 0 Å². The van der Waals surface area contributed by atoms with Gasteiger partial charge in [-0.05, 0) is 6.04 Å². The Hall–Kier alpha value is 0.0169. The SMILES string of the molecule is CCC[SiH](N)OCC(OC)(OC)OC. The molecule has 1 unspecified atom stereocenters. The van der Waals surface area contributed by atoms with Crippen LogP contribution in [0.25, 0.3) is 0 Å². The lowest BCUT2D eigenvalue weighted by Gasteiger charge is -2.29. The summed E-state index contributed by atoms with van der Waals surface area (Å²) in [6.07, 6.45) is 1.04. The number of ether oxygens (including phenoxy) is 3. The predicted octanol–water partition coefficient (Wildman–Crippen LogP) is 0.185. The van der Waals surface area contributed by atoms with E-state index in [1.54, 1.807) is 0 Å². The van der Waals surface area contributed by atoms with Crippen LogP contribution in [0.1, 0.15) is 13.3 Å². The Morgan fingerprint density at radius 3 is 2.00 bits per heavy atom. The molecule has 0 aromatic carbocycles. The Bertz CT molecular complexity index is 135. The molecule has 0 saturated carbocycles. The number of hydrogen-bond donors (Lipinski definition) is 1. The topological polar surface area (TPSA) is 62.9 Å². The lowest BCUT2D eigenvalue weighted by Crippen LogP contribution is -2.44. The van der Waals surface area contributed by atoms with Crippen LogP contribution in [0.4, 0.5) is 0 Å². The second kappa shape index (κ2) is 7.33. The molecular formula is C8H21NO4Si. The molecule has 86 valence electrons. The molecule has 5 nitrogen and oxygen atoms in total. The van der Waals surface area contributed by atoms with Crippen LogP contribution in [0.2, 0.25) is 6.04 Å². The van der Waals surface area contributed by atoms with E-state index in [4.69, 9.17) is 24.0 Å². The van der Waals surface area contributed by atoms with Gasteiger partial charge in [0.2, 0.25) is 9.20 Å². The van der Waals surface area contributed by atoms with Crippen LogP contribution in [-0.2, 0) is 18.6 Å². The first-order valence-corrected chi connectivity index (χ1v) is 6.62. The number of nitrogens with two attached hydrogens (primary N) is 1. The highest BCUT2D eigenvalue weighted by Crippen LogP contribution is 2.12. The zero-order valence-electron chi connectivity index (χ0n) is 9.41. The number of hydrogen-bond acceptors (Lipinski definition) is 5. The first kappa shape index (κ1) is 14.0. The van der Waals surface area contributed by atoms with E-state index in [2.05, 4.69) is 6.92 Å². The summed E-state index contributed by atoms with van der Waals surface area (Å²) >= 11 is 0. The molecule has 14 heavy (non-hydrogen) atoms. The molecule has 0 spiro atoms. The van der Waals surface area contributed by atoms with Gasteiger partial charge >= 0.3 is 5.97 Å². The van der Waals surface area contributed by atoms with Crippen molar-refractivity contribution in [3.8, 4) is 0 Å². The van der Waals surface area contributed by atoms with Crippen molar-refractivity contribution in [3.63, 3.8) is 0 Å². The van der Waals surface area contributed by atoms with Crippen molar-refractivity contribution in [2.75, 3.05) is 27.9 Å². The van der Waals surface area contributed by atoms with E-state index >= 15 is 0 Å². The smallest absolute Gasteiger partial charge is 0.305 e. The molecule has 0 aliphatic heterocycles. The normalized spacial score (nSPS) is 14.4. The molecule has 0 aromatic rings. The quantitative estimate of drug-likeness (QED) is 0.470. The van der Waals surface area contributed by atoms with Crippen LogP contribution in [-0.4, -0.2) is 43.1 Å². The zero-order valence-corrected chi connectivity index (χ0v) is 10.6. The molecular weight excluding hydrogens is 202 g/mol. The summed E-state index contributed by atoms with van der Waals surface area (Å²) in [5.41, 5.74) is 0. The Kier molecular flexibility index (Phi) is 7.34. The highest BCUT2D eigenvalue weighted by molar-refractivity contribution is 6.47. The van der Waals surface area contributed by atoms with Gasteiger partial charge in [0.05, 0.1) is 0 Å². The summed E-state index contributed by atoms with van der Waals surface area (Å²) in [6.45, 7) is 2.29. The molecule has 2 N–H and O–H groups in total. The summed E-state index contributed by atoms with van der Waals surface area (Å²) in [5, 5.41) is 5.81. The van der Waals surface area contributed by atoms with E-state index in [0.29, 0.717) is 0 Å². The Morgan fingerprint density at radius 1 is 1.14 bits per heavy atom. The molecule has 0 aromatic heterocycles. The maximum Gasteiger partial charge on any atom is 0.305 e. The molecule has 0 amide bonds. The monoisotopic (exact) mass is 223 g/mol. The molecule has 0 aliphatic carbocycles. The Morgan fingerprint density at radius 2 is 1.64 bits per heavy atom. The summed E-state index contributed by atoms with van der Waals surface area (Å²) < 4.78 is 20.6. The van der Waals surface area contributed by atoms with Crippen molar-refractivity contribution >= 4 is 9.20 Å². The summed E-state index contributed by atoms with van der Waals surface area (Å²) in [4.78, 5) is 0. The number of methoxy groups -OCH3 is 3. The van der Waals surface area contributed by atoms with Crippen LogP contribution >= 0.6 is 0 Å². The second-order valence-electron chi connectivity index (χ2n) is 2.93. The average Bonchev–Trinajstić information content (AvgIpc) is 2.21. The van der Waals surface area contributed by atoms with Gasteiger partial charge in [0, 0.05) is 21.3 Å². The molecule has 0 rings (SSSR count). The second-order valence-corrected chi connectivity index (χ2v) is 4.92. The van der Waals surface area contributed by atoms with E-state index < -0.39 is 15.2 Å². The van der Waals surface area contributed by atoms with Crippen molar-refractivity contribution in [3.05, 3.63) is 0 Å². The molecule has 0 heterocycles. The number of rotatable bonds is 8. The van der Waals surface area contributed by atoms with Crippen LogP contribution in [0.15, 0.2) is 0 Å². The highest BCUT2D eigenvalue weighted by atomic mass is 28.3. The summed E-state index contributed by atoms with van der Waals surface area (Å²) in [5.74, 6) is -1.11. The van der Waals surface area contributed by atoms with E-state index in [1.807, 2.05) is 0 Å². The third-order valence-corrected chi connectivity index (χ3v) is 3.72. The van der Waals surface area contributed by atoms with E-state index in [-0.39, 0.29) is 6.61 Å². The van der Waals surface area contributed by atoms with Gasteiger partial charge in [-0.3, -0.25) is 0 Å². The van der Waals surface area contributed by atoms with Gasteiger partial charge in [-0.15, -0.1) is 0 Å². The fourth-order valence-electron chi connectivity index (χ4n) is 1.00. The van der Waals surface area contributed by atoms with E-state index in [1.165, 1.54) is 21.3 Å². The van der Waals surface area contributed by atoms with E-state index in [9.17, 15) is 0 Å². The fraction of sp³-hybridized carbons (Fsp3) is 1.00. The van der Waals surface area contributed by atoms with Gasteiger partial charge in [0.15, 0.2) is 0 Å². The minimum Gasteiger partial charge on any atom is -0.398 e. The highest BCUT2D eigenvalue weighted by Gasteiger charge is 2.30. The van der Waals surface area contributed by atoms with Crippen molar-refractivity contribution in [1.82, 2.24) is 0 Å². The first-order chi connectivity index (χ1) is 6.64. The van der Waals surface area contributed by atoms with Crippen LogP contribution in [0.5, 0.6) is 0 Å². The van der Waals surface area contributed by atoms with E-state index in [0.717, 1.165) is 12.5 Å². The fourth-order valence-corrected chi connectivity index (χ4v) is 2.16. The standard InChI is InChI=1S/C8H21NO4Si/c1-5-6-14(9)13-7-8(10-2,11-3)12-4/h14H,5-7,9H2,1-4H3. The third kappa shape index (κ3) is 4.49. The molecule has 0 radical (unpaired) electrons. The summed E-state index contributed by atoms with van der Waals surface area (Å²) in [6, 6.07) is 0.938. The minimum atomic E-state index is -1.58. The van der Waals surface area contributed by atoms with Crippen molar-refractivity contribution in [1.29, 1.82) is 0 Å². The molecule has 0 saturated heterocycles. The first-order valence-electron chi connectivity index (χ1n) is 4.66. The molecule has 0 fully saturated rings.